The molecule has 1 aromatic carbocycles. The molecule has 0 fully saturated rings. The highest BCUT2D eigenvalue weighted by molar-refractivity contribution is 6.30. The first-order valence-electron chi connectivity index (χ1n) is 5.89. The minimum absolute atomic E-state index is 0.0864. The quantitative estimate of drug-likeness (QED) is 0.819. The summed E-state index contributed by atoms with van der Waals surface area (Å²) in [5.74, 6) is 0.0864. The third-order valence-corrected chi connectivity index (χ3v) is 2.80. The third kappa shape index (κ3) is 5.20. The SMILES string of the molecule is CCNC(=O)CCN[C@@H](C)c1ccc(Cl)cc1. The molecule has 0 saturated heterocycles. The molecule has 0 bridgehead atoms. The molecule has 0 radical (unpaired) electrons. The summed E-state index contributed by atoms with van der Waals surface area (Å²) in [5, 5.41) is 6.81. The molecule has 0 aromatic heterocycles. The molecule has 1 rings (SSSR count). The fourth-order valence-corrected chi connectivity index (χ4v) is 1.68. The number of carbonyl (C=O) groups excluding carboxylic acids is 1. The first kappa shape index (κ1) is 14.0. The average Bonchev–Trinajstić information content (AvgIpc) is 2.30. The first-order chi connectivity index (χ1) is 8.13. The highest BCUT2D eigenvalue weighted by atomic mass is 35.5. The summed E-state index contributed by atoms with van der Waals surface area (Å²) in [4.78, 5) is 11.2. The van der Waals surface area contributed by atoms with Gasteiger partial charge < -0.3 is 10.6 Å². The van der Waals surface area contributed by atoms with Gasteiger partial charge in [0.2, 0.25) is 5.91 Å². The number of benzene rings is 1. The zero-order valence-corrected chi connectivity index (χ0v) is 11.1. The molecule has 1 amide bonds. The summed E-state index contributed by atoms with van der Waals surface area (Å²) in [6, 6.07) is 7.96. The fraction of sp³-hybridized carbons (Fsp3) is 0.462. The fourth-order valence-electron chi connectivity index (χ4n) is 1.56. The largest absolute Gasteiger partial charge is 0.356 e. The van der Waals surface area contributed by atoms with Crippen LogP contribution in [-0.4, -0.2) is 19.0 Å². The lowest BCUT2D eigenvalue weighted by Gasteiger charge is -2.14. The van der Waals surface area contributed by atoms with E-state index in [2.05, 4.69) is 17.6 Å². The summed E-state index contributed by atoms with van der Waals surface area (Å²) < 4.78 is 0. The van der Waals surface area contributed by atoms with Crippen LogP contribution in [0.4, 0.5) is 0 Å². The van der Waals surface area contributed by atoms with Crippen LogP contribution in [-0.2, 0) is 4.79 Å². The molecule has 0 spiro atoms. The molecule has 4 heteroatoms. The van der Waals surface area contributed by atoms with E-state index in [4.69, 9.17) is 11.6 Å². The van der Waals surface area contributed by atoms with Crippen LogP contribution in [0.5, 0.6) is 0 Å². The molecule has 2 N–H and O–H groups in total. The van der Waals surface area contributed by atoms with E-state index in [0.717, 1.165) is 5.02 Å². The van der Waals surface area contributed by atoms with Gasteiger partial charge in [-0.05, 0) is 31.5 Å². The molecule has 0 aliphatic rings. The van der Waals surface area contributed by atoms with Crippen LogP contribution in [0.3, 0.4) is 0 Å². The topological polar surface area (TPSA) is 41.1 Å². The molecule has 0 heterocycles. The minimum atomic E-state index is 0.0864. The Kier molecular flexibility index (Phi) is 6.01. The Morgan fingerprint density at radius 1 is 1.35 bits per heavy atom. The normalized spacial score (nSPS) is 12.2. The van der Waals surface area contributed by atoms with Gasteiger partial charge in [-0.1, -0.05) is 23.7 Å². The summed E-state index contributed by atoms with van der Waals surface area (Å²) in [6.07, 6.45) is 0.506. The molecule has 1 atom stereocenters. The Morgan fingerprint density at radius 3 is 2.59 bits per heavy atom. The van der Waals surface area contributed by atoms with Crippen molar-refractivity contribution in [2.75, 3.05) is 13.1 Å². The van der Waals surface area contributed by atoms with Crippen molar-refractivity contribution in [1.29, 1.82) is 0 Å². The number of halogens is 1. The van der Waals surface area contributed by atoms with Crippen LogP contribution in [0, 0.1) is 0 Å². The van der Waals surface area contributed by atoms with Crippen molar-refractivity contribution in [3.8, 4) is 0 Å². The Morgan fingerprint density at radius 2 is 2.00 bits per heavy atom. The van der Waals surface area contributed by atoms with E-state index in [1.807, 2.05) is 31.2 Å². The van der Waals surface area contributed by atoms with Gasteiger partial charge in [-0.15, -0.1) is 0 Å². The average molecular weight is 255 g/mol. The van der Waals surface area contributed by atoms with Gasteiger partial charge in [0.05, 0.1) is 0 Å². The zero-order chi connectivity index (χ0) is 12.7. The van der Waals surface area contributed by atoms with Gasteiger partial charge in [-0.25, -0.2) is 0 Å². The molecule has 0 aliphatic carbocycles. The lowest BCUT2D eigenvalue weighted by atomic mass is 10.1. The number of rotatable bonds is 6. The lowest BCUT2D eigenvalue weighted by molar-refractivity contribution is -0.120. The van der Waals surface area contributed by atoms with Crippen LogP contribution < -0.4 is 10.6 Å². The number of hydrogen-bond acceptors (Lipinski definition) is 2. The molecule has 0 unspecified atom stereocenters. The van der Waals surface area contributed by atoms with E-state index in [0.29, 0.717) is 19.5 Å². The minimum Gasteiger partial charge on any atom is -0.356 e. The van der Waals surface area contributed by atoms with Crippen LogP contribution in [0.15, 0.2) is 24.3 Å². The number of amides is 1. The van der Waals surface area contributed by atoms with Gasteiger partial charge in [0.25, 0.3) is 0 Å². The van der Waals surface area contributed by atoms with Crippen molar-refractivity contribution in [2.24, 2.45) is 0 Å². The van der Waals surface area contributed by atoms with Crippen LogP contribution in [0.1, 0.15) is 31.9 Å². The van der Waals surface area contributed by atoms with Crippen LogP contribution >= 0.6 is 11.6 Å². The molecule has 17 heavy (non-hydrogen) atoms. The van der Waals surface area contributed by atoms with Gasteiger partial charge >= 0.3 is 0 Å². The van der Waals surface area contributed by atoms with E-state index in [9.17, 15) is 4.79 Å². The number of hydrogen-bond donors (Lipinski definition) is 2. The summed E-state index contributed by atoms with van der Waals surface area (Å²) >= 11 is 5.82. The van der Waals surface area contributed by atoms with Crippen LogP contribution in [0.25, 0.3) is 0 Å². The van der Waals surface area contributed by atoms with E-state index in [1.165, 1.54) is 5.56 Å². The third-order valence-electron chi connectivity index (χ3n) is 2.55. The molecule has 1 aromatic rings. The Labute approximate surface area is 108 Å². The summed E-state index contributed by atoms with van der Waals surface area (Å²) in [7, 11) is 0. The van der Waals surface area contributed by atoms with Gasteiger partial charge in [0.1, 0.15) is 0 Å². The second-order valence-electron chi connectivity index (χ2n) is 3.93. The molecule has 0 aliphatic heterocycles. The van der Waals surface area contributed by atoms with E-state index in [-0.39, 0.29) is 11.9 Å². The Balaban J connectivity index is 2.32. The van der Waals surface area contributed by atoms with Gasteiger partial charge in [-0.2, -0.15) is 0 Å². The van der Waals surface area contributed by atoms with Gasteiger partial charge in [0.15, 0.2) is 0 Å². The Hall–Kier alpha value is -1.06. The van der Waals surface area contributed by atoms with Crippen molar-refractivity contribution in [3.63, 3.8) is 0 Å². The van der Waals surface area contributed by atoms with Crippen molar-refractivity contribution < 1.29 is 4.79 Å². The van der Waals surface area contributed by atoms with E-state index >= 15 is 0 Å². The van der Waals surface area contributed by atoms with Crippen LogP contribution in [0.2, 0.25) is 5.02 Å². The Bertz CT molecular complexity index is 351. The predicted octanol–water partition coefficient (Wildman–Crippen LogP) is 2.52. The zero-order valence-electron chi connectivity index (χ0n) is 10.3. The van der Waals surface area contributed by atoms with Crippen molar-refractivity contribution in [1.82, 2.24) is 10.6 Å². The maximum absolute atomic E-state index is 11.2. The van der Waals surface area contributed by atoms with Crippen molar-refractivity contribution in [3.05, 3.63) is 34.9 Å². The van der Waals surface area contributed by atoms with E-state index < -0.39 is 0 Å². The van der Waals surface area contributed by atoms with Gasteiger partial charge in [0, 0.05) is 30.6 Å². The van der Waals surface area contributed by atoms with E-state index in [1.54, 1.807) is 0 Å². The van der Waals surface area contributed by atoms with Gasteiger partial charge in [-0.3, -0.25) is 4.79 Å². The second-order valence-corrected chi connectivity index (χ2v) is 4.37. The molecule has 94 valence electrons. The monoisotopic (exact) mass is 254 g/mol. The molecular formula is C13H19ClN2O. The maximum Gasteiger partial charge on any atom is 0.221 e. The lowest BCUT2D eigenvalue weighted by Crippen LogP contribution is -2.28. The summed E-state index contributed by atoms with van der Waals surface area (Å²) in [5.41, 5.74) is 1.17. The first-order valence-corrected chi connectivity index (χ1v) is 6.26. The molecule has 0 saturated carbocycles. The molecular weight excluding hydrogens is 236 g/mol. The standard InChI is InChI=1S/C13H19ClN2O/c1-3-15-13(17)8-9-16-10(2)11-4-6-12(14)7-5-11/h4-7,10,16H,3,8-9H2,1-2H3,(H,15,17)/t10-/m0/s1. The summed E-state index contributed by atoms with van der Waals surface area (Å²) in [6.45, 7) is 5.35. The highest BCUT2D eigenvalue weighted by Crippen LogP contribution is 2.15. The number of carbonyl (C=O) groups is 1. The van der Waals surface area contributed by atoms with Crippen molar-refractivity contribution >= 4 is 17.5 Å². The maximum atomic E-state index is 11.2. The molecule has 3 nitrogen and oxygen atoms in total. The second kappa shape index (κ2) is 7.30. The number of nitrogens with one attached hydrogen (secondary N) is 2. The predicted molar refractivity (Wildman–Crippen MR) is 71.2 cm³/mol. The van der Waals surface area contributed by atoms with Crippen molar-refractivity contribution in [2.45, 2.75) is 26.3 Å². The smallest absolute Gasteiger partial charge is 0.221 e. The highest BCUT2D eigenvalue weighted by Gasteiger charge is 2.05.